The van der Waals surface area contributed by atoms with Crippen LogP contribution in [-0.4, -0.2) is 6.10 Å². The van der Waals surface area contributed by atoms with Gasteiger partial charge >= 0.3 is 0 Å². The average Bonchev–Trinajstić information content (AvgIpc) is 2.44. The molecule has 2 heteroatoms. The maximum Gasteiger partial charge on any atom is 0.120 e. The minimum atomic E-state index is 0.195. The SMILES string of the molecule is CC(C)Oc1cccc(CNc2ccc(C(C)(C)C)cc2)c1. The molecule has 0 aliphatic carbocycles. The van der Waals surface area contributed by atoms with E-state index in [4.69, 9.17) is 4.74 Å². The fourth-order valence-electron chi connectivity index (χ4n) is 2.29. The summed E-state index contributed by atoms with van der Waals surface area (Å²) in [5.41, 5.74) is 3.91. The molecule has 0 radical (unpaired) electrons. The molecule has 0 atom stereocenters. The zero-order valence-electron chi connectivity index (χ0n) is 14.3. The van der Waals surface area contributed by atoms with E-state index < -0.39 is 0 Å². The summed E-state index contributed by atoms with van der Waals surface area (Å²) in [6, 6.07) is 16.9. The summed E-state index contributed by atoms with van der Waals surface area (Å²) in [6.07, 6.45) is 0.202. The summed E-state index contributed by atoms with van der Waals surface area (Å²) in [6.45, 7) is 11.6. The Balaban J connectivity index is 1.98. The van der Waals surface area contributed by atoms with E-state index in [1.165, 1.54) is 11.1 Å². The highest BCUT2D eigenvalue weighted by atomic mass is 16.5. The zero-order chi connectivity index (χ0) is 16.2. The van der Waals surface area contributed by atoms with Gasteiger partial charge in [-0.15, -0.1) is 0 Å². The van der Waals surface area contributed by atoms with E-state index in [0.717, 1.165) is 18.0 Å². The third-order valence-electron chi connectivity index (χ3n) is 3.52. The monoisotopic (exact) mass is 297 g/mol. The van der Waals surface area contributed by atoms with Crippen molar-refractivity contribution in [1.82, 2.24) is 0 Å². The van der Waals surface area contributed by atoms with E-state index in [9.17, 15) is 0 Å². The molecule has 0 aliphatic heterocycles. The van der Waals surface area contributed by atoms with Gasteiger partial charge in [0.25, 0.3) is 0 Å². The van der Waals surface area contributed by atoms with Crippen LogP contribution in [0, 0.1) is 0 Å². The van der Waals surface area contributed by atoms with Gasteiger partial charge in [-0.1, -0.05) is 45.0 Å². The first-order chi connectivity index (χ1) is 10.3. The summed E-state index contributed by atoms with van der Waals surface area (Å²) in [4.78, 5) is 0. The number of ether oxygens (including phenoxy) is 1. The normalized spacial score (nSPS) is 11.5. The molecule has 2 aromatic carbocycles. The second kappa shape index (κ2) is 6.87. The molecule has 0 saturated heterocycles. The van der Waals surface area contributed by atoms with Crippen molar-refractivity contribution in [2.24, 2.45) is 0 Å². The van der Waals surface area contributed by atoms with Crippen LogP contribution < -0.4 is 10.1 Å². The zero-order valence-corrected chi connectivity index (χ0v) is 14.3. The predicted octanol–water partition coefficient (Wildman–Crippen LogP) is 5.38. The van der Waals surface area contributed by atoms with E-state index >= 15 is 0 Å². The molecule has 0 bridgehead atoms. The molecule has 22 heavy (non-hydrogen) atoms. The Morgan fingerprint density at radius 1 is 1.00 bits per heavy atom. The van der Waals surface area contributed by atoms with Crippen molar-refractivity contribution in [2.75, 3.05) is 5.32 Å². The van der Waals surface area contributed by atoms with Crippen molar-refractivity contribution >= 4 is 5.69 Å². The molecule has 0 heterocycles. The second-order valence-electron chi connectivity index (χ2n) is 6.99. The maximum atomic E-state index is 5.73. The Labute approximate surface area is 134 Å². The highest BCUT2D eigenvalue weighted by Gasteiger charge is 2.12. The smallest absolute Gasteiger partial charge is 0.120 e. The first-order valence-corrected chi connectivity index (χ1v) is 7.94. The highest BCUT2D eigenvalue weighted by molar-refractivity contribution is 5.46. The summed E-state index contributed by atoms with van der Waals surface area (Å²) < 4.78 is 5.73. The molecule has 0 amide bonds. The Morgan fingerprint density at radius 2 is 1.68 bits per heavy atom. The van der Waals surface area contributed by atoms with Crippen LogP contribution in [0.15, 0.2) is 48.5 Å². The summed E-state index contributed by atoms with van der Waals surface area (Å²) in [5.74, 6) is 0.928. The summed E-state index contributed by atoms with van der Waals surface area (Å²) in [5, 5.41) is 3.46. The molecule has 2 rings (SSSR count). The van der Waals surface area contributed by atoms with Crippen molar-refractivity contribution in [3.63, 3.8) is 0 Å². The number of benzene rings is 2. The van der Waals surface area contributed by atoms with Crippen LogP contribution in [0.1, 0.15) is 45.7 Å². The lowest BCUT2D eigenvalue weighted by molar-refractivity contribution is 0.242. The van der Waals surface area contributed by atoms with Crippen molar-refractivity contribution < 1.29 is 4.74 Å². The minimum absolute atomic E-state index is 0.195. The van der Waals surface area contributed by atoms with E-state index in [-0.39, 0.29) is 11.5 Å². The maximum absolute atomic E-state index is 5.73. The van der Waals surface area contributed by atoms with Crippen LogP contribution in [0.4, 0.5) is 5.69 Å². The lowest BCUT2D eigenvalue weighted by atomic mass is 9.87. The molecule has 0 saturated carbocycles. The Morgan fingerprint density at radius 3 is 2.27 bits per heavy atom. The van der Waals surface area contributed by atoms with Gasteiger partial charge in [0.05, 0.1) is 6.10 Å². The van der Waals surface area contributed by atoms with Gasteiger partial charge in [0.15, 0.2) is 0 Å². The number of nitrogens with one attached hydrogen (secondary N) is 1. The third kappa shape index (κ3) is 4.80. The van der Waals surface area contributed by atoms with Crippen LogP contribution in [-0.2, 0) is 12.0 Å². The number of rotatable bonds is 5. The quantitative estimate of drug-likeness (QED) is 0.799. The first kappa shape index (κ1) is 16.4. The van der Waals surface area contributed by atoms with Gasteiger partial charge in [0, 0.05) is 12.2 Å². The molecule has 0 spiro atoms. The molecular weight excluding hydrogens is 270 g/mol. The molecule has 0 aromatic heterocycles. The van der Waals surface area contributed by atoms with Crippen LogP contribution >= 0.6 is 0 Å². The lowest BCUT2D eigenvalue weighted by Crippen LogP contribution is -2.10. The lowest BCUT2D eigenvalue weighted by Gasteiger charge is -2.19. The average molecular weight is 297 g/mol. The number of anilines is 1. The van der Waals surface area contributed by atoms with E-state index in [2.05, 4.69) is 62.5 Å². The van der Waals surface area contributed by atoms with Crippen molar-refractivity contribution in [3.8, 4) is 5.75 Å². The predicted molar refractivity (Wildman–Crippen MR) is 94.7 cm³/mol. The molecular formula is C20H27NO. The van der Waals surface area contributed by atoms with Crippen LogP contribution in [0.5, 0.6) is 5.75 Å². The van der Waals surface area contributed by atoms with Gasteiger partial charge in [0.2, 0.25) is 0 Å². The summed E-state index contributed by atoms with van der Waals surface area (Å²) >= 11 is 0. The molecule has 1 N–H and O–H groups in total. The largest absolute Gasteiger partial charge is 0.491 e. The van der Waals surface area contributed by atoms with E-state index in [1.807, 2.05) is 26.0 Å². The first-order valence-electron chi connectivity index (χ1n) is 7.94. The fourth-order valence-corrected chi connectivity index (χ4v) is 2.29. The van der Waals surface area contributed by atoms with Gasteiger partial charge in [-0.2, -0.15) is 0 Å². The van der Waals surface area contributed by atoms with Gasteiger partial charge in [-0.3, -0.25) is 0 Å². The molecule has 0 aliphatic rings. The van der Waals surface area contributed by atoms with E-state index in [1.54, 1.807) is 0 Å². The highest BCUT2D eigenvalue weighted by Crippen LogP contribution is 2.24. The summed E-state index contributed by atoms with van der Waals surface area (Å²) in [7, 11) is 0. The Bertz CT molecular complexity index is 594. The van der Waals surface area contributed by atoms with Crippen LogP contribution in [0.25, 0.3) is 0 Å². The standard InChI is InChI=1S/C20H27NO/c1-15(2)22-19-8-6-7-16(13-19)14-21-18-11-9-17(10-12-18)20(3,4)5/h6-13,15,21H,14H2,1-5H3. The minimum Gasteiger partial charge on any atom is -0.491 e. The van der Waals surface area contributed by atoms with Gasteiger partial charge in [-0.25, -0.2) is 0 Å². The number of hydrogen-bond donors (Lipinski definition) is 1. The fraction of sp³-hybridized carbons (Fsp3) is 0.400. The molecule has 2 aromatic rings. The Kier molecular flexibility index (Phi) is 5.12. The van der Waals surface area contributed by atoms with Gasteiger partial charge in [-0.05, 0) is 54.7 Å². The molecule has 0 unspecified atom stereocenters. The van der Waals surface area contributed by atoms with Gasteiger partial charge in [0.1, 0.15) is 5.75 Å². The topological polar surface area (TPSA) is 21.3 Å². The van der Waals surface area contributed by atoms with Crippen molar-refractivity contribution in [2.45, 2.75) is 52.7 Å². The number of hydrogen-bond acceptors (Lipinski definition) is 2. The molecule has 0 fully saturated rings. The van der Waals surface area contributed by atoms with Crippen molar-refractivity contribution in [1.29, 1.82) is 0 Å². The van der Waals surface area contributed by atoms with Gasteiger partial charge < -0.3 is 10.1 Å². The van der Waals surface area contributed by atoms with Crippen LogP contribution in [0.3, 0.4) is 0 Å². The molecule has 2 nitrogen and oxygen atoms in total. The van der Waals surface area contributed by atoms with E-state index in [0.29, 0.717) is 0 Å². The second-order valence-corrected chi connectivity index (χ2v) is 6.99. The van der Waals surface area contributed by atoms with Crippen molar-refractivity contribution in [3.05, 3.63) is 59.7 Å². The van der Waals surface area contributed by atoms with Crippen LogP contribution in [0.2, 0.25) is 0 Å². The Hall–Kier alpha value is -1.96. The molecule has 118 valence electrons. The third-order valence-corrected chi connectivity index (χ3v) is 3.52.